The van der Waals surface area contributed by atoms with Gasteiger partial charge in [0.15, 0.2) is 0 Å². The molecule has 1 unspecified atom stereocenters. The summed E-state index contributed by atoms with van der Waals surface area (Å²) >= 11 is 0. The van der Waals surface area contributed by atoms with E-state index < -0.39 is 29.4 Å². The van der Waals surface area contributed by atoms with Gasteiger partial charge in [0.25, 0.3) is 0 Å². The fourth-order valence-corrected chi connectivity index (χ4v) is 2.48. The summed E-state index contributed by atoms with van der Waals surface area (Å²) in [5.74, 6) is -2.04. The minimum absolute atomic E-state index is 0.163. The van der Waals surface area contributed by atoms with Crippen molar-refractivity contribution in [2.75, 3.05) is 6.54 Å². The number of carbonyl (C=O) groups excluding carboxylic acids is 1. The molecule has 0 aliphatic rings. The number of ether oxygens (including phenoxy) is 1. The van der Waals surface area contributed by atoms with E-state index >= 15 is 0 Å². The van der Waals surface area contributed by atoms with Gasteiger partial charge in [-0.15, -0.1) is 13.2 Å². The number of carboxylic acid groups (broad SMARTS) is 1. The second kappa shape index (κ2) is 8.11. The Hall–Kier alpha value is -3.03. The summed E-state index contributed by atoms with van der Waals surface area (Å²) in [6, 6.07) is 13.5. The van der Waals surface area contributed by atoms with Gasteiger partial charge in [0.1, 0.15) is 11.2 Å². The zero-order chi connectivity index (χ0) is 20.1. The Labute approximate surface area is 153 Å². The first kappa shape index (κ1) is 20.3. The predicted octanol–water partition coefficient (Wildman–Crippen LogP) is 3.29. The standard InChI is InChI=1S/C19H18F3NO4/c1-18(17(25)26,14-7-3-2-4-8-14)12-23-16(24)11-13-6-5-9-15(10-13)27-19(20,21)22/h2-10H,11-12H2,1H3,(H,23,24)(H,25,26). The van der Waals surface area contributed by atoms with Crippen LogP contribution in [0.4, 0.5) is 13.2 Å². The summed E-state index contributed by atoms with van der Waals surface area (Å²) in [6.07, 6.45) is -5.03. The predicted molar refractivity (Wildman–Crippen MR) is 91.3 cm³/mol. The second-order valence-electron chi connectivity index (χ2n) is 6.15. The maximum atomic E-state index is 12.3. The Morgan fingerprint density at radius 2 is 1.74 bits per heavy atom. The first-order valence-corrected chi connectivity index (χ1v) is 8.00. The lowest BCUT2D eigenvalue weighted by molar-refractivity contribution is -0.274. The van der Waals surface area contributed by atoms with Crippen LogP contribution in [0.2, 0.25) is 0 Å². The van der Waals surface area contributed by atoms with E-state index in [0.717, 1.165) is 12.1 Å². The largest absolute Gasteiger partial charge is 0.573 e. The van der Waals surface area contributed by atoms with Gasteiger partial charge in [-0.3, -0.25) is 9.59 Å². The van der Waals surface area contributed by atoms with E-state index in [1.54, 1.807) is 30.3 Å². The van der Waals surface area contributed by atoms with Crippen molar-refractivity contribution in [2.45, 2.75) is 25.1 Å². The molecule has 0 radical (unpaired) electrons. The minimum Gasteiger partial charge on any atom is -0.481 e. The molecule has 144 valence electrons. The minimum atomic E-state index is -4.82. The molecule has 1 atom stereocenters. The molecule has 8 heteroatoms. The monoisotopic (exact) mass is 381 g/mol. The number of hydrogen-bond acceptors (Lipinski definition) is 3. The number of halogens is 3. The van der Waals surface area contributed by atoms with Crippen LogP contribution in [0.1, 0.15) is 18.1 Å². The Kier molecular flexibility index (Phi) is 6.09. The summed E-state index contributed by atoms with van der Waals surface area (Å²) in [6.45, 7) is 1.33. The first-order chi connectivity index (χ1) is 12.6. The van der Waals surface area contributed by atoms with Crippen molar-refractivity contribution in [3.05, 3.63) is 65.7 Å². The van der Waals surface area contributed by atoms with Crippen LogP contribution < -0.4 is 10.1 Å². The van der Waals surface area contributed by atoms with Crippen molar-refractivity contribution >= 4 is 11.9 Å². The highest BCUT2D eigenvalue weighted by Gasteiger charge is 2.35. The summed E-state index contributed by atoms with van der Waals surface area (Å²) < 4.78 is 40.6. The molecular weight excluding hydrogens is 363 g/mol. The number of amides is 1. The number of alkyl halides is 3. The van der Waals surface area contributed by atoms with Gasteiger partial charge < -0.3 is 15.2 Å². The fraction of sp³-hybridized carbons (Fsp3) is 0.263. The first-order valence-electron chi connectivity index (χ1n) is 8.00. The maximum absolute atomic E-state index is 12.3. The van der Waals surface area contributed by atoms with E-state index in [1.165, 1.54) is 19.1 Å². The van der Waals surface area contributed by atoms with Crippen LogP contribution in [-0.4, -0.2) is 29.9 Å². The van der Waals surface area contributed by atoms with Gasteiger partial charge >= 0.3 is 12.3 Å². The molecule has 1 amide bonds. The second-order valence-corrected chi connectivity index (χ2v) is 6.15. The van der Waals surface area contributed by atoms with Crippen LogP contribution in [0.25, 0.3) is 0 Å². The van der Waals surface area contributed by atoms with Crippen molar-refractivity contribution in [3.8, 4) is 5.75 Å². The quantitative estimate of drug-likeness (QED) is 0.772. The van der Waals surface area contributed by atoms with Gasteiger partial charge in [-0.1, -0.05) is 42.5 Å². The van der Waals surface area contributed by atoms with Crippen LogP contribution in [-0.2, 0) is 21.4 Å². The zero-order valence-corrected chi connectivity index (χ0v) is 14.4. The van der Waals surface area contributed by atoms with Crippen molar-refractivity contribution in [1.82, 2.24) is 5.32 Å². The van der Waals surface area contributed by atoms with E-state index in [2.05, 4.69) is 10.1 Å². The average molecular weight is 381 g/mol. The van der Waals surface area contributed by atoms with Crippen LogP contribution in [0.3, 0.4) is 0 Å². The molecule has 27 heavy (non-hydrogen) atoms. The number of rotatable bonds is 7. The highest BCUT2D eigenvalue weighted by molar-refractivity contribution is 5.84. The van der Waals surface area contributed by atoms with Gasteiger partial charge in [0.05, 0.1) is 6.42 Å². The number of nitrogens with one attached hydrogen (secondary N) is 1. The SMILES string of the molecule is CC(CNC(=O)Cc1cccc(OC(F)(F)F)c1)(C(=O)O)c1ccccc1. The van der Waals surface area contributed by atoms with Gasteiger partial charge in [-0.25, -0.2) is 0 Å². The Bertz CT molecular complexity index is 808. The molecule has 0 aromatic heterocycles. The van der Waals surface area contributed by atoms with Crippen molar-refractivity contribution < 1.29 is 32.6 Å². The lowest BCUT2D eigenvalue weighted by Crippen LogP contribution is -2.44. The molecule has 0 spiro atoms. The summed E-state index contributed by atoms with van der Waals surface area (Å²) in [5, 5.41) is 12.1. The molecule has 0 fully saturated rings. The zero-order valence-electron chi connectivity index (χ0n) is 14.4. The lowest BCUT2D eigenvalue weighted by atomic mass is 9.82. The third-order valence-electron chi connectivity index (χ3n) is 4.02. The van der Waals surface area contributed by atoms with Crippen LogP contribution in [0.5, 0.6) is 5.75 Å². The molecule has 0 bridgehead atoms. The molecule has 0 aliphatic carbocycles. The molecule has 2 rings (SSSR count). The Morgan fingerprint density at radius 1 is 1.07 bits per heavy atom. The number of aliphatic carboxylic acids is 1. The number of benzene rings is 2. The molecule has 2 aromatic carbocycles. The lowest BCUT2D eigenvalue weighted by Gasteiger charge is -2.25. The average Bonchev–Trinajstić information content (AvgIpc) is 2.59. The van der Waals surface area contributed by atoms with Gasteiger partial charge in [0.2, 0.25) is 5.91 Å². The number of carbonyl (C=O) groups is 2. The molecule has 2 aromatic rings. The van der Waals surface area contributed by atoms with E-state index in [0.29, 0.717) is 11.1 Å². The van der Waals surface area contributed by atoms with E-state index in [4.69, 9.17) is 0 Å². The van der Waals surface area contributed by atoms with Crippen molar-refractivity contribution in [1.29, 1.82) is 0 Å². The molecule has 5 nitrogen and oxygen atoms in total. The topological polar surface area (TPSA) is 75.6 Å². The van der Waals surface area contributed by atoms with Crippen molar-refractivity contribution in [3.63, 3.8) is 0 Å². The highest BCUT2D eigenvalue weighted by atomic mass is 19.4. The summed E-state index contributed by atoms with van der Waals surface area (Å²) in [4.78, 5) is 23.8. The molecule has 0 heterocycles. The fourth-order valence-electron chi connectivity index (χ4n) is 2.48. The van der Waals surface area contributed by atoms with Gasteiger partial charge in [0, 0.05) is 6.54 Å². The van der Waals surface area contributed by atoms with Crippen LogP contribution >= 0.6 is 0 Å². The molecule has 0 saturated heterocycles. The van der Waals surface area contributed by atoms with Crippen LogP contribution in [0, 0.1) is 0 Å². The molecule has 0 saturated carbocycles. The van der Waals surface area contributed by atoms with E-state index in [-0.39, 0.29) is 13.0 Å². The third-order valence-corrected chi connectivity index (χ3v) is 4.02. The normalized spacial score (nSPS) is 13.5. The molecule has 0 aliphatic heterocycles. The van der Waals surface area contributed by atoms with E-state index in [9.17, 15) is 27.9 Å². The number of carboxylic acids is 1. The van der Waals surface area contributed by atoms with Gasteiger partial charge in [-0.05, 0) is 30.2 Å². The van der Waals surface area contributed by atoms with Crippen LogP contribution in [0.15, 0.2) is 54.6 Å². The molecular formula is C19H18F3NO4. The van der Waals surface area contributed by atoms with Crippen molar-refractivity contribution in [2.24, 2.45) is 0 Å². The Balaban J connectivity index is 2.03. The van der Waals surface area contributed by atoms with Gasteiger partial charge in [-0.2, -0.15) is 0 Å². The number of hydrogen-bond donors (Lipinski definition) is 2. The molecule has 2 N–H and O–H groups in total. The summed E-state index contributed by atoms with van der Waals surface area (Å²) in [7, 11) is 0. The highest BCUT2D eigenvalue weighted by Crippen LogP contribution is 2.24. The maximum Gasteiger partial charge on any atom is 0.573 e. The third kappa shape index (κ3) is 5.73. The Morgan fingerprint density at radius 3 is 2.33 bits per heavy atom. The summed E-state index contributed by atoms with van der Waals surface area (Å²) in [5.41, 5.74) is -0.498. The van der Waals surface area contributed by atoms with E-state index in [1.807, 2.05) is 0 Å². The smallest absolute Gasteiger partial charge is 0.481 e.